The van der Waals surface area contributed by atoms with Crippen molar-refractivity contribution < 1.29 is 33.3 Å². The largest absolute Gasteiger partial charge is 0.506 e. The number of ether oxygens (including phenoxy) is 3. The third-order valence-corrected chi connectivity index (χ3v) is 5.25. The summed E-state index contributed by atoms with van der Waals surface area (Å²) < 4.78 is 21.6. The Bertz CT molecular complexity index is 1170. The average molecular weight is 435 g/mol. The number of carbonyl (C=O) groups is 2. The van der Waals surface area contributed by atoms with Crippen LogP contribution in [0.25, 0.3) is 5.76 Å². The zero-order valence-electron chi connectivity index (χ0n) is 17.7. The molecule has 1 fully saturated rings. The molecule has 1 aromatic heterocycles. The highest BCUT2D eigenvalue weighted by atomic mass is 16.5. The maximum Gasteiger partial charge on any atom is 0.300 e. The standard InChI is InChI=1S/C24H21NO7/c1-29-15-8-4-7-14(13-15)25-21(18-11-6-12-32-18)20(23(27)24(25)28)22(26)19-16(30-2)9-5-10-17(19)31-3/h4-13,21,26H,1-3H3/b22-20+. The highest BCUT2D eigenvalue weighted by Gasteiger charge is 2.49. The average Bonchev–Trinajstić information content (AvgIpc) is 3.45. The first kappa shape index (κ1) is 21.0. The van der Waals surface area contributed by atoms with Crippen LogP contribution in [0.1, 0.15) is 17.4 Å². The number of hydrogen-bond donors (Lipinski definition) is 1. The molecule has 1 aliphatic heterocycles. The van der Waals surface area contributed by atoms with Crippen molar-refractivity contribution in [2.75, 3.05) is 26.2 Å². The minimum atomic E-state index is -1.01. The number of aliphatic hydroxyl groups excluding tert-OH is 1. The molecule has 1 aliphatic rings. The van der Waals surface area contributed by atoms with Crippen LogP contribution in [0.2, 0.25) is 0 Å². The first-order valence-electron chi connectivity index (χ1n) is 9.71. The van der Waals surface area contributed by atoms with E-state index >= 15 is 0 Å². The van der Waals surface area contributed by atoms with E-state index in [0.29, 0.717) is 17.2 Å². The van der Waals surface area contributed by atoms with Gasteiger partial charge in [-0.1, -0.05) is 12.1 Å². The van der Waals surface area contributed by atoms with Crippen molar-refractivity contribution in [1.29, 1.82) is 0 Å². The smallest absolute Gasteiger partial charge is 0.300 e. The predicted molar refractivity (Wildman–Crippen MR) is 116 cm³/mol. The predicted octanol–water partition coefficient (Wildman–Crippen LogP) is 3.93. The molecular weight excluding hydrogens is 414 g/mol. The van der Waals surface area contributed by atoms with Crippen LogP contribution in [-0.2, 0) is 9.59 Å². The zero-order valence-corrected chi connectivity index (χ0v) is 17.7. The summed E-state index contributed by atoms with van der Waals surface area (Å²) in [6.07, 6.45) is 1.44. The summed E-state index contributed by atoms with van der Waals surface area (Å²) in [5, 5.41) is 11.3. The molecule has 164 valence electrons. The molecule has 32 heavy (non-hydrogen) atoms. The van der Waals surface area contributed by atoms with E-state index in [4.69, 9.17) is 18.6 Å². The topological polar surface area (TPSA) is 98.4 Å². The molecule has 2 aromatic carbocycles. The van der Waals surface area contributed by atoms with Gasteiger partial charge in [-0.15, -0.1) is 0 Å². The normalized spacial score (nSPS) is 17.5. The molecule has 0 aliphatic carbocycles. The highest BCUT2D eigenvalue weighted by molar-refractivity contribution is 6.51. The van der Waals surface area contributed by atoms with Gasteiger partial charge in [0.05, 0.1) is 33.2 Å². The summed E-state index contributed by atoms with van der Waals surface area (Å²) in [5.74, 6) is -0.712. The number of furan rings is 1. The SMILES string of the molecule is COc1cccc(N2C(=O)C(=O)/C(=C(/O)c3c(OC)cccc3OC)C2c2ccco2)c1. The van der Waals surface area contributed by atoms with Crippen LogP contribution in [0, 0.1) is 0 Å². The van der Waals surface area contributed by atoms with Crippen molar-refractivity contribution in [3.05, 3.63) is 77.8 Å². The molecule has 8 nitrogen and oxygen atoms in total. The van der Waals surface area contributed by atoms with Crippen LogP contribution in [0.3, 0.4) is 0 Å². The Hall–Kier alpha value is -4.20. The van der Waals surface area contributed by atoms with Crippen molar-refractivity contribution in [2.45, 2.75) is 6.04 Å². The van der Waals surface area contributed by atoms with Crippen LogP contribution in [0.5, 0.6) is 17.2 Å². The number of rotatable bonds is 6. The first-order valence-corrected chi connectivity index (χ1v) is 9.71. The molecule has 0 bridgehead atoms. The Morgan fingerprint density at radius 2 is 1.62 bits per heavy atom. The lowest BCUT2D eigenvalue weighted by atomic mass is 9.98. The molecule has 1 saturated heterocycles. The van der Waals surface area contributed by atoms with E-state index < -0.39 is 23.5 Å². The fourth-order valence-electron chi connectivity index (χ4n) is 3.79. The highest BCUT2D eigenvalue weighted by Crippen LogP contribution is 2.45. The van der Waals surface area contributed by atoms with Crippen molar-refractivity contribution in [2.24, 2.45) is 0 Å². The second-order valence-electron chi connectivity index (χ2n) is 6.92. The summed E-state index contributed by atoms with van der Waals surface area (Å²) in [5.41, 5.74) is 0.437. The quantitative estimate of drug-likeness (QED) is 0.356. The second kappa shape index (κ2) is 8.50. The third-order valence-electron chi connectivity index (χ3n) is 5.25. The lowest BCUT2D eigenvalue weighted by molar-refractivity contribution is -0.132. The molecule has 0 saturated carbocycles. The van der Waals surface area contributed by atoms with E-state index in [9.17, 15) is 14.7 Å². The number of methoxy groups -OCH3 is 3. The molecule has 1 amide bonds. The van der Waals surface area contributed by atoms with E-state index in [-0.39, 0.29) is 22.6 Å². The van der Waals surface area contributed by atoms with Gasteiger partial charge >= 0.3 is 0 Å². The van der Waals surface area contributed by atoms with Gasteiger partial charge in [-0.3, -0.25) is 14.5 Å². The van der Waals surface area contributed by atoms with E-state index in [0.717, 1.165) is 0 Å². The van der Waals surface area contributed by atoms with Gasteiger partial charge in [0.15, 0.2) is 0 Å². The molecule has 8 heteroatoms. The van der Waals surface area contributed by atoms with Crippen LogP contribution >= 0.6 is 0 Å². The number of ketones is 1. The summed E-state index contributed by atoms with van der Waals surface area (Å²) in [7, 11) is 4.38. The fourth-order valence-corrected chi connectivity index (χ4v) is 3.79. The maximum atomic E-state index is 13.2. The Labute approximate surface area is 184 Å². The molecule has 2 heterocycles. The monoisotopic (exact) mass is 435 g/mol. The first-order chi connectivity index (χ1) is 15.5. The number of anilines is 1. The number of carbonyl (C=O) groups excluding carboxylic acids is 2. The van der Waals surface area contributed by atoms with Crippen LogP contribution in [0.15, 0.2) is 70.9 Å². The van der Waals surface area contributed by atoms with Gasteiger partial charge in [0.25, 0.3) is 11.7 Å². The summed E-state index contributed by atoms with van der Waals surface area (Å²) in [4.78, 5) is 27.6. The summed E-state index contributed by atoms with van der Waals surface area (Å²) in [6.45, 7) is 0. The van der Waals surface area contributed by atoms with E-state index in [1.54, 1.807) is 54.6 Å². The van der Waals surface area contributed by atoms with Crippen LogP contribution in [0.4, 0.5) is 5.69 Å². The molecule has 0 spiro atoms. The zero-order chi connectivity index (χ0) is 22.8. The van der Waals surface area contributed by atoms with Crippen molar-refractivity contribution in [1.82, 2.24) is 0 Å². The van der Waals surface area contributed by atoms with Crippen molar-refractivity contribution in [3.63, 3.8) is 0 Å². The Morgan fingerprint density at radius 3 is 2.22 bits per heavy atom. The van der Waals surface area contributed by atoms with Gasteiger partial charge in [0.2, 0.25) is 0 Å². The van der Waals surface area contributed by atoms with Gasteiger partial charge in [-0.05, 0) is 36.4 Å². The molecule has 1 unspecified atom stereocenters. The Kier molecular flexibility index (Phi) is 5.59. The van der Waals surface area contributed by atoms with Crippen molar-refractivity contribution >= 4 is 23.1 Å². The van der Waals surface area contributed by atoms with Gasteiger partial charge in [0.1, 0.15) is 40.4 Å². The molecule has 0 radical (unpaired) electrons. The number of Topliss-reactive ketones (excluding diaryl/α,β-unsaturated/α-hetero) is 1. The molecular formula is C24H21NO7. The van der Waals surface area contributed by atoms with Gasteiger partial charge in [-0.2, -0.15) is 0 Å². The molecule has 3 aromatic rings. The third kappa shape index (κ3) is 3.35. The summed E-state index contributed by atoms with van der Waals surface area (Å²) >= 11 is 0. The summed E-state index contributed by atoms with van der Waals surface area (Å²) in [6, 6.07) is 13.9. The number of nitrogens with zero attached hydrogens (tertiary/aromatic N) is 1. The number of aliphatic hydroxyl groups is 1. The minimum absolute atomic E-state index is 0.143. The number of amides is 1. The lowest BCUT2D eigenvalue weighted by Crippen LogP contribution is -2.29. The van der Waals surface area contributed by atoms with E-state index in [2.05, 4.69) is 0 Å². The lowest BCUT2D eigenvalue weighted by Gasteiger charge is -2.24. The van der Waals surface area contributed by atoms with E-state index in [1.165, 1.54) is 32.5 Å². The molecule has 4 rings (SSSR count). The van der Waals surface area contributed by atoms with Gasteiger partial charge < -0.3 is 23.7 Å². The molecule has 1 N–H and O–H groups in total. The van der Waals surface area contributed by atoms with Gasteiger partial charge in [-0.25, -0.2) is 0 Å². The second-order valence-corrected chi connectivity index (χ2v) is 6.92. The number of benzene rings is 2. The number of hydrogen-bond acceptors (Lipinski definition) is 7. The maximum absolute atomic E-state index is 13.2. The van der Waals surface area contributed by atoms with Crippen molar-refractivity contribution in [3.8, 4) is 17.2 Å². The minimum Gasteiger partial charge on any atom is -0.506 e. The van der Waals surface area contributed by atoms with Crippen LogP contribution in [-0.4, -0.2) is 38.1 Å². The van der Waals surface area contributed by atoms with Gasteiger partial charge in [0, 0.05) is 11.8 Å². The Morgan fingerprint density at radius 1 is 0.938 bits per heavy atom. The van der Waals surface area contributed by atoms with Crippen LogP contribution < -0.4 is 19.1 Å². The molecule has 1 atom stereocenters. The van der Waals surface area contributed by atoms with E-state index in [1.807, 2.05) is 0 Å². The Balaban J connectivity index is 1.98. The fraction of sp³-hybridized carbons (Fsp3) is 0.167.